The highest BCUT2D eigenvalue weighted by Crippen LogP contribution is 2.27. The zero-order valence-electron chi connectivity index (χ0n) is 10.4. The molecule has 1 aromatic rings. The maximum atomic E-state index is 4.01. The minimum absolute atomic E-state index is 0.632. The first-order valence-corrected chi connectivity index (χ1v) is 8.99. The second kappa shape index (κ2) is 5.85. The molecule has 0 unspecified atom stereocenters. The van der Waals surface area contributed by atoms with Gasteiger partial charge in [0.2, 0.25) is 0 Å². The van der Waals surface area contributed by atoms with Gasteiger partial charge in [-0.1, -0.05) is 60.8 Å². The van der Waals surface area contributed by atoms with Crippen LogP contribution in [-0.2, 0) is 0 Å². The lowest BCUT2D eigenvalue weighted by molar-refractivity contribution is 0.844. The van der Waals surface area contributed by atoms with Crippen molar-refractivity contribution in [3.8, 4) is 0 Å². The molecule has 0 radical (unpaired) electrons. The fourth-order valence-corrected chi connectivity index (χ4v) is 5.11. The molecule has 0 bridgehead atoms. The van der Waals surface area contributed by atoms with E-state index in [1.165, 1.54) is 11.6 Å². The van der Waals surface area contributed by atoms with Crippen LogP contribution in [0.15, 0.2) is 55.6 Å². The molecule has 0 spiro atoms. The summed E-state index contributed by atoms with van der Waals surface area (Å²) >= 11 is 0. The van der Waals surface area contributed by atoms with Gasteiger partial charge in [-0.2, -0.15) is 0 Å². The molecule has 1 heteroatoms. The summed E-state index contributed by atoms with van der Waals surface area (Å²) in [5.41, 5.74) is 0.632. The van der Waals surface area contributed by atoms with Crippen LogP contribution in [-0.4, -0.2) is 8.07 Å². The number of benzene rings is 1. The summed E-state index contributed by atoms with van der Waals surface area (Å²) in [6.45, 7) is 12.7. The Hall–Kier alpha value is -1.08. The van der Waals surface area contributed by atoms with Crippen LogP contribution in [0.1, 0.15) is 12.8 Å². The fourth-order valence-electron chi connectivity index (χ4n) is 2.15. The number of rotatable bonds is 6. The van der Waals surface area contributed by atoms with Crippen molar-refractivity contribution >= 4 is 13.3 Å². The highest BCUT2D eigenvalue weighted by Gasteiger charge is 2.30. The molecule has 0 aromatic heterocycles. The van der Waals surface area contributed by atoms with Gasteiger partial charge < -0.3 is 0 Å². The van der Waals surface area contributed by atoms with Gasteiger partial charge in [0.05, 0.1) is 8.07 Å². The average Bonchev–Trinajstić information content (AvgIpc) is 2.31. The molecule has 16 heavy (non-hydrogen) atoms. The first kappa shape index (κ1) is 13.0. The van der Waals surface area contributed by atoms with Gasteiger partial charge in [-0.15, -0.1) is 13.2 Å². The first-order chi connectivity index (χ1) is 7.62. The molecule has 1 atom stereocenters. The van der Waals surface area contributed by atoms with Crippen LogP contribution in [0, 0.1) is 0 Å². The van der Waals surface area contributed by atoms with Crippen molar-refractivity contribution in [2.45, 2.75) is 31.5 Å². The molecule has 0 nitrogen and oxygen atoms in total. The van der Waals surface area contributed by atoms with Gasteiger partial charge >= 0.3 is 0 Å². The van der Waals surface area contributed by atoms with Crippen molar-refractivity contribution in [3.05, 3.63) is 55.6 Å². The molecule has 0 aliphatic rings. The van der Waals surface area contributed by atoms with Crippen LogP contribution >= 0.6 is 0 Å². The van der Waals surface area contributed by atoms with E-state index in [2.05, 4.69) is 62.7 Å². The van der Waals surface area contributed by atoms with E-state index in [0.29, 0.717) is 5.54 Å². The van der Waals surface area contributed by atoms with E-state index < -0.39 is 8.07 Å². The second-order valence-electron chi connectivity index (χ2n) is 4.80. The quantitative estimate of drug-likeness (QED) is 0.509. The zero-order chi connectivity index (χ0) is 12.0. The standard InChI is InChI=1S/C15H22Si/c1-5-7-11-14(6-2)16(3,4)15-12-9-8-10-13-15/h5-6,8-10,12-14H,1-2,7,11H2,3-4H3/t14-/m1/s1. The van der Waals surface area contributed by atoms with Crippen LogP contribution in [0.4, 0.5) is 0 Å². The highest BCUT2D eigenvalue weighted by atomic mass is 28.3. The highest BCUT2D eigenvalue weighted by molar-refractivity contribution is 6.91. The van der Waals surface area contributed by atoms with Crippen LogP contribution in [0.25, 0.3) is 0 Å². The normalized spacial score (nSPS) is 13.1. The topological polar surface area (TPSA) is 0 Å². The lowest BCUT2D eigenvalue weighted by Gasteiger charge is -2.30. The molecule has 0 aliphatic carbocycles. The largest absolute Gasteiger partial charge is 0.103 e. The van der Waals surface area contributed by atoms with Crippen molar-refractivity contribution in [3.63, 3.8) is 0 Å². The molecule has 0 fully saturated rings. The molecule has 0 N–H and O–H groups in total. The molecule has 0 heterocycles. The number of hydrogen-bond donors (Lipinski definition) is 0. The average molecular weight is 230 g/mol. The molecule has 1 aromatic carbocycles. The van der Waals surface area contributed by atoms with Crippen LogP contribution in [0.3, 0.4) is 0 Å². The van der Waals surface area contributed by atoms with Crippen LogP contribution < -0.4 is 5.19 Å². The van der Waals surface area contributed by atoms with Gasteiger partial charge in [0.25, 0.3) is 0 Å². The molecule has 86 valence electrons. The van der Waals surface area contributed by atoms with E-state index in [9.17, 15) is 0 Å². The first-order valence-electron chi connectivity index (χ1n) is 5.92. The summed E-state index contributed by atoms with van der Waals surface area (Å²) in [7, 11) is -1.41. The van der Waals surface area contributed by atoms with Crippen molar-refractivity contribution in [1.29, 1.82) is 0 Å². The van der Waals surface area contributed by atoms with E-state index >= 15 is 0 Å². The number of allylic oxidation sites excluding steroid dienone is 2. The SMILES string of the molecule is C=CCC[C@@H](C=C)[Si](C)(C)c1ccccc1. The summed E-state index contributed by atoms with van der Waals surface area (Å²) in [6.07, 6.45) is 6.41. The Balaban J connectivity index is 2.89. The Morgan fingerprint density at radius 1 is 1.19 bits per heavy atom. The van der Waals surface area contributed by atoms with Gasteiger partial charge in [0.15, 0.2) is 0 Å². The summed E-state index contributed by atoms with van der Waals surface area (Å²) in [4.78, 5) is 0. The Kier molecular flexibility index (Phi) is 4.75. The fraction of sp³-hybridized carbons (Fsp3) is 0.333. The van der Waals surface area contributed by atoms with E-state index in [1.54, 1.807) is 0 Å². The molecule has 0 amide bonds. The summed E-state index contributed by atoms with van der Waals surface area (Å²) in [5, 5.41) is 1.52. The van der Waals surface area contributed by atoms with E-state index in [1.807, 2.05) is 6.08 Å². The van der Waals surface area contributed by atoms with Crippen LogP contribution in [0.5, 0.6) is 0 Å². The van der Waals surface area contributed by atoms with Crippen molar-refractivity contribution < 1.29 is 0 Å². The smallest absolute Gasteiger partial charge is 0.0873 e. The van der Waals surface area contributed by atoms with Gasteiger partial charge in [0, 0.05) is 0 Å². The summed E-state index contributed by atoms with van der Waals surface area (Å²) in [6, 6.07) is 10.9. The van der Waals surface area contributed by atoms with E-state index in [4.69, 9.17) is 0 Å². The monoisotopic (exact) mass is 230 g/mol. The predicted octanol–water partition coefficient (Wildman–Crippen LogP) is 4.12. The van der Waals surface area contributed by atoms with E-state index in [0.717, 1.165) is 6.42 Å². The Bertz CT molecular complexity index is 338. The lowest BCUT2D eigenvalue weighted by Crippen LogP contribution is -2.45. The van der Waals surface area contributed by atoms with Crippen LogP contribution in [0.2, 0.25) is 18.6 Å². The third-order valence-electron chi connectivity index (χ3n) is 3.41. The Morgan fingerprint density at radius 2 is 1.81 bits per heavy atom. The summed E-state index contributed by atoms with van der Waals surface area (Å²) in [5.74, 6) is 0. The minimum atomic E-state index is -1.41. The minimum Gasteiger partial charge on any atom is -0.103 e. The molecule has 0 aliphatic heterocycles. The molecule has 0 saturated carbocycles. The lowest BCUT2D eigenvalue weighted by atomic mass is 10.2. The van der Waals surface area contributed by atoms with Gasteiger partial charge in [-0.05, 0) is 18.4 Å². The summed E-state index contributed by atoms with van der Waals surface area (Å²) < 4.78 is 0. The maximum absolute atomic E-state index is 4.01. The number of hydrogen-bond acceptors (Lipinski definition) is 0. The third-order valence-corrected chi connectivity index (χ3v) is 7.61. The molecule has 0 saturated heterocycles. The molecular weight excluding hydrogens is 208 g/mol. The Labute approximate surface area is 101 Å². The van der Waals surface area contributed by atoms with Crippen molar-refractivity contribution in [2.75, 3.05) is 0 Å². The molecular formula is C15H22Si. The van der Waals surface area contributed by atoms with Gasteiger partial charge in [-0.25, -0.2) is 0 Å². The van der Waals surface area contributed by atoms with Crippen molar-refractivity contribution in [1.82, 2.24) is 0 Å². The maximum Gasteiger partial charge on any atom is 0.0873 e. The van der Waals surface area contributed by atoms with E-state index in [-0.39, 0.29) is 0 Å². The van der Waals surface area contributed by atoms with Crippen molar-refractivity contribution in [2.24, 2.45) is 0 Å². The third kappa shape index (κ3) is 2.95. The second-order valence-corrected chi connectivity index (χ2v) is 9.56. The van der Waals surface area contributed by atoms with Gasteiger partial charge in [-0.3, -0.25) is 0 Å². The molecule has 1 rings (SSSR count). The predicted molar refractivity (Wildman–Crippen MR) is 76.9 cm³/mol. The Morgan fingerprint density at radius 3 is 2.31 bits per heavy atom. The van der Waals surface area contributed by atoms with Gasteiger partial charge in [0.1, 0.15) is 0 Å². The zero-order valence-corrected chi connectivity index (χ0v) is 11.4.